The van der Waals surface area contributed by atoms with Crippen LogP contribution < -0.4 is 0 Å². The monoisotopic (exact) mass is 485 g/mol. The number of aromatic nitrogens is 3. The maximum absolute atomic E-state index is 13.3. The van der Waals surface area contributed by atoms with E-state index in [0.29, 0.717) is 45.2 Å². The fourth-order valence-electron chi connectivity index (χ4n) is 3.84. The van der Waals surface area contributed by atoms with Crippen LogP contribution in [-0.2, 0) is 28.5 Å². The van der Waals surface area contributed by atoms with Gasteiger partial charge in [0.2, 0.25) is 0 Å². The molecule has 3 rings (SSSR count). The standard InChI is InChI=1S/C26H35N3O6/c1-26(2,3)20-17-19(9-10-24(30)35-16-15-34-14-13-33-12-11-32-4)18-23(25(20)31)29-27-21-7-5-6-8-22(21)28-29/h5-10,18-20H,11-17H2,1-4H3. The molecule has 0 radical (unpaired) electrons. The Balaban J connectivity index is 1.58. The van der Waals surface area contributed by atoms with Crippen LogP contribution in [0.15, 0.2) is 42.5 Å². The summed E-state index contributed by atoms with van der Waals surface area (Å²) in [5, 5.41) is 8.98. The molecule has 2 aromatic rings. The summed E-state index contributed by atoms with van der Waals surface area (Å²) >= 11 is 0. The van der Waals surface area contributed by atoms with Crippen LogP contribution in [0.2, 0.25) is 0 Å². The summed E-state index contributed by atoms with van der Waals surface area (Å²) in [6.45, 7) is 8.52. The topological polar surface area (TPSA) is 102 Å². The number of allylic oxidation sites excluding steroid dienone is 3. The predicted molar refractivity (Wildman–Crippen MR) is 131 cm³/mol. The highest BCUT2D eigenvalue weighted by Gasteiger charge is 2.38. The van der Waals surface area contributed by atoms with Crippen molar-refractivity contribution in [3.63, 3.8) is 0 Å². The molecule has 35 heavy (non-hydrogen) atoms. The second-order valence-corrected chi connectivity index (χ2v) is 9.46. The zero-order chi connectivity index (χ0) is 25.3. The molecule has 190 valence electrons. The normalized spacial score (nSPS) is 18.9. The van der Waals surface area contributed by atoms with E-state index in [-0.39, 0.29) is 29.6 Å². The van der Waals surface area contributed by atoms with E-state index < -0.39 is 5.97 Å². The Morgan fingerprint density at radius 2 is 1.63 bits per heavy atom. The van der Waals surface area contributed by atoms with Gasteiger partial charge in [-0.15, -0.1) is 15.0 Å². The SMILES string of the molecule is COCCOCCOCCOC(=O)C=CC1C=C(n2nc3ccccc3n2)C(=O)C(C(C)(C)C)C1. The van der Waals surface area contributed by atoms with Gasteiger partial charge in [0, 0.05) is 19.1 Å². The first-order valence-electron chi connectivity index (χ1n) is 11.9. The summed E-state index contributed by atoms with van der Waals surface area (Å²) in [5.41, 5.74) is 1.62. The molecule has 0 aliphatic heterocycles. The van der Waals surface area contributed by atoms with Gasteiger partial charge < -0.3 is 18.9 Å². The molecule has 9 heteroatoms. The summed E-state index contributed by atoms with van der Waals surface area (Å²) in [7, 11) is 1.62. The first kappa shape index (κ1) is 26.7. The van der Waals surface area contributed by atoms with Crippen molar-refractivity contribution in [1.82, 2.24) is 15.0 Å². The Morgan fingerprint density at radius 1 is 1.03 bits per heavy atom. The zero-order valence-corrected chi connectivity index (χ0v) is 20.9. The largest absolute Gasteiger partial charge is 0.460 e. The molecular weight excluding hydrogens is 450 g/mol. The summed E-state index contributed by atoms with van der Waals surface area (Å²) in [5.74, 6) is -0.809. The van der Waals surface area contributed by atoms with Crippen LogP contribution in [0.25, 0.3) is 16.7 Å². The Labute approximate surface area is 206 Å². The van der Waals surface area contributed by atoms with Gasteiger partial charge in [0.25, 0.3) is 0 Å². The van der Waals surface area contributed by atoms with Crippen LogP contribution in [0.4, 0.5) is 0 Å². The summed E-state index contributed by atoms with van der Waals surface area (Å²) in [6, 6.07) is 7.49. The maximum atomic E-state index is 13.3. The van der Waals surface area contributed by atoms with E-state index in [1.54, 1.807) is 13.2 Å². The van der Waals surface area contributed by atoms with E-state index >= 15 is 0 Å². The Morgan fingerprint density at radius 3 is 2.23 bits per heavy atom. The minimum atomic E-state index is -0.452. The Hall–Kier alpha value is -2.88. The first-order valence-corrected chi connectivity index (χ1v) is 11.9. The lowest BCUT2D eigenvalue weighted by molar-refractivity contribution is -0.139. The molecule has 0 fully saturated rings. The van der Waals surface area contributed by atoms with Crippen molar-refractivity contribution in [2.24, 2.45) is 17.3 Å². The van der Waals surface area contributed by atoms with Gasteiger partial charge >= 0.3 is 5.97 Å². The molecule has 9 nitrogen and oxygen atoms in total. The third-order valence-corrected chi connectivity index (χ3v) is 5.75. The van der Waals surface area contributed by atoms with Gasteiger partial charge in [0.1, 0.15) is 23.3 Å². The molecule has 2 atom stereocenters. The number of rotatable bonds is 12. The maximum Gasteiger partial charge on any atom is 0.330 e. The number of ether oxygens (including phenoxy) is 4. The average Bonchev–Trinajstić information content (AvgIpc) is 3.25. The number of fused-ring (bicyclic) bond motifs is 1. The molecule has 0 amide bonds. The molecule has 1 aromatic heterocycles. The van der Waals surface area contributed by atoms with E-state index in [9.17, 15) is 9.59 Å². The average molecular weight is 486 g/mol. The van der Waals surface area contributed by atoms with Gasteiger partial charge in [-0.25, -0.2) is 4.79 Å². The molecule has 1 aromatic carbocycles. The quantitative estimate of drug-likeness (QED) is 0.256. The van der Waals surface area contributed by atoms with E-state index in [2.05, 4.69) is 10.2 Å². The molecule has 1 aliphatic rings. The second-order valence-electron chi connectivity index (χ2n) is 9.46. The van der Waals surface area contributed by atoms with Crippen LogP contribution in [-0.4, -0.2) is 73.5 Å². The fourth-order valence-corrected chi connectivity index (χ4v) is 3.84. The summed E-state index contributed by atoms with van der Waals surface area (Å²) in [6.07, 6.45) is 5.62. The summed E-state index contributed by atoms with van der Waals surface area (Å²) < 4.78 is 20.8. The Bertz CT molecular complexity index is 1020. The highest BCUT2D eigenvalue weighted by atomic mass is 16.6. The molecule has 1 aliphatic carbocycles. The number of nitrogens with zero attached hydrogens (tertiary/aromatic N) is 3. The fraction of sp³-hybridized carbons (Fsp3) is 0.538. The number of benzene rings is 1. The lowest BCUT2D eigenvalue weighted by Gasteiger charge is -2.34. The number of esters is 1. The molecule has 2 unspecified atom stereocenters. The zero-order valence-electron chi connectivity index (χ0n) is 20.9. The van der Waals surface area contributed by atoms with Gasteiger partial charge in [0.05, 0.1) is 33.0 Å². The number of Topliss-reactive ketones (excluding diaryl/α,β-unsaturated/α-hetero) is 1. The molecule has 0 spiro atoms. The van der Waals surface area contributed by atoms with Crippen molar-refractivity contribution in [3.05, 3.63) is 42.5 Å². The third kappa shape index (κ3) is 7.81. The molecule has 0 bridgehead atoms. The van der Waals surface area contributed by atoms with Gasteiger partial charge in [-0.2, -0.15) is 0 Å². The number of ketones is 1. The highest BCUT2D eigenvalue weighted by molar-refractivity contribution is 6.17. The van der Waals surface area contributed by atoms with E-state index in [1.807, 2.05) is 51.1 Å². The van der Waals surface area contributed by atoms with Gasteiger partial charge in [-0.1, -0.05) is 39.0 Å². The van der Waals surface area contributed by atoms with Gasteiger partial charge in [-0.3, -0.25) is 4.79 Å². The second kappa shape index (κ2) is 12.7. The molecule has 0 saturated carbocycles. The Kier molecular flexibility index (Phi) is 9.71. The van der Waals surface area contributed by atoms with E-state index in [0.717, 1.165) is 11.0 Å². The van der Waals surface area contributed by atoms with Gasteiger partial charge in [0.15, 0.2) is 5.78 Å². The van der Waals surface area contributed by atoms with E-state index in [4.69, 9.17) is 18.9 Å². The molecule has 0 N–H and O–H groups in total. The lowest BCUT2D eigenvalue weighted by Crippen LogP contribution is -2.35. The minimum absolute atomic E-state index is 0.00776. The third-order valence-electron chi connectivity index (χ3n) is 5.75. The van der Waals surface area contributed by atoms with E-state index in [1.165, 1.54) is 10.9 Å². The molecular formula is C26H35N3O6. The van der Waals surface area contributed by atoms with Crippen molar-refractivity contribution in [3.8, 4) is 0 Å². The van der Waals surface area contributed by atoms with Crippen LogP contribution in [0.3, 0.4) is 0 Å². The van der Waals surface area contributed by atoms with Crippen LogP contribution in [0, 0.1) is 17.3 Å². The summed E-state index contributed by atoms with van der Waals surface area (Å²) in [4.78, 5) is 26.9. The number of methoxy groups -OCH3 is 1. The van der Waals surface area contributed by atoms with Crippen molar-refractivity contribution >= 4 is 28.5 Å². The van der Waals surface area contributed by atoms with Crippen LogP contribution in [0.1, 0.15) is 27.2 Å². The number of carbonyl (C=O) groups is 2. The number of hydrogen-bond donors (Lipinski definition) is 0. The smallest absolute Gasteiger partial charge is 0.330 e. The highest BCUT2D eigenvalue weighted by Crippen LogP contribution is 2.39. The van der Waals surface area contributed by atoms with Crippen molar-refractivity contribution in [1.29, 1.82) is 0 Å². The first-order chi connectivity index (χ1) is 16.8. The molecule has 1 heterocycles. The molecule has 0 saturated heterocycles. The minimum Gasteiger partial charge on any atom is -0.460 e. The van der Waals surface area contributed by atoms with Crippen molar-refractivity contribution in [2.75, 3.05) is 46.8 Å². The van der Waals surface area contributed by atoms with Gasteiger partial charge in [-0.05, 0) is 36.0 Å². The van der Waals surface area contributed by atoms with Crippen molar-refractivity contribution in [2.45, 2.75) is 27.2 Å². The lowest BCUT2D eigenvalue weighted by atomic mass is 9.70. The predicted octanol–water partition coefficient (Wildman–Crippen LogP) is 3.30. The van der Waals surface area contributed by atoms with Crippen molar-refractivity contribution < 1.29 is 28.5 Å². The number of carbonyl (C=O) groups excluding carboxylic acids is 2. The van der Waals surface area contributed by atoms with Crippen LogP contribution >= 0.6 is 0 Å². The van der Waals surface area contributed by atoms with Crippen LogP contribution in [0.5, 0.6) is 0 Å². The number of hydrogen-bond acceptors (Lipinski definition) is 8.